The van der Waals surface area contributed by atoms with Crippen LogP contribution in [0.4, 0.5) is 0 Å². The summed E-state index contributed by atoms with van der Waals surface area (Å²) in [6.45, 7) is 10.2. The van der Waals surface area contributed by atoms with E-state index >= 15 is 0 Å². The average molecular weight is 170 g/mol. The molecule has 2 nitrogen and oxygen atoms in total. The second kappa shape index (κ2) is 3.75. The van der Waals surface area contributed by atoms with Crippen molar-refractivity contribution < 1.29 is 0 Å². The van der Waals surface area contributed by atoms with Crippen molar-refractivity contribution in [3.8, 4) is 0 Å². The van der Waals surface area contributed by atoms with E-state index in [0.717, 1.165) is 12.5 Å². The molecule has 0 aromatic rings. The molecule has 0 radical (unpaired) electrons. The Balaban J connectivity index is 2.59. The zero-order chi connectivity index (χ0) is 9.30. The monoisotopic (exact) mass is 170 g/mol. The van der Waals surface area contributed by atoms with E-state index in [-0.39, 0.29) is 0 Å². The SMILES string of the molecule is CC(C)[C@@H]1C[C@H](N)CN1C(C)C. The molecule has 2 N–H and O–H groups in total. The number of nitrogens with zero attached hydrogens (tertiary/aromatic N) is 1. The number of hydrogen-bond acceptors (Lipinski definition) is 2. The van der Waals surface area contributed by atoms with Gasteiger partial charge < -0.3 is 5.73 Å². The van der Waals surface area contributed by atoms with Gasteiger partial charge in [0.2, 0.25) is 0 Å². The molecule has 1 aliphatic rings. The Labute approximate surface area is 76.1 Å². The first-order valence-electron chi connectivity index (χ1n) is 5.03. The van der Waals surface area contributed by atoms with Crippen LogP contribution in [0.25, 0.3) is 0 Å². The summed E-state index contributed by atoms with van der Waals surface area (Å²) in [5, 5.41) is 0. The fourth-order valence-electron chi connectivity index (χ4n) is 2.18. The highest BCUT2D eigenvalue weighted by Gasteiger charge is 2.33. The van der Waals surface area contributed by atoms with E-state index in [2.05, 4.69) is 32.6 Å². The van der Waals surface area contributed by atoms with Gasteiger partial charge in [0, 0.05) is 24.7 Å². The Morgan fingerprint density at radius 1 is 1.25 bits per heavy atom. The summed E-state index contributed by atoms with van der Waals surface area (Å²) in [5.74, 6) is 0.737. The van der Waals surface area contributed by atoms with Gasteiger partial charge in [-0.3, -0.25) is 4.90 Å². The summed E-state index contributed by atoms with van der Waals surface area (Å²) in [7, 11) is 0. The minimum absolute atomic E-state index is 0.403. The Kier molecular flexibility index (Phi) is 3.13. The minimum atomic E-state index is 0.403. The molecule has 2 heteroatoms. The molecule has 2 atom stereocenters. The smallest absolute Gasteiger partial charge is 0.0183 e. The minimum Gasteiger partial charge on any atom is -0.326 e. The normalized spacial score (nSPS) is 32.2. The maximum Gasteiger partial charge on any atom is 0.0183 e. The summed E-state index contributed by atoms with van der Waals surface area (Å²) in [4.78, 5) is 2.54. The van der Waals surface area contributed by atoms with E-state index in [1.807, 2.05) is 0 Å². The van der Waals surface area contributed by atoms with E-state index in [1.54, 1.807) is 0 Å². The molecule has 0 aromatic carbocycles. The van der Waals surface area contributed by atoms with E-state index in [0.29, 0.717) is 18.1 Å². The fourth-order valence-corrected chi connectivity index (χ4v) is 2.18. The van der Waals surface area contributed by atoms with Gasteiger partial charge in [0.25, 0.3) is 0 Å². The molecule has 1 aliphatic heterocycles. The zero-order valence-electron chi connectivity index (χ0n) is 8.75. The molecule has 0 unspecified atom stereocenters. The molecule has 1 saturated heterocycles. The van der Waals surface area contributed by atoms with Gasteiger partial charge in [0.1, 0.15) is 0 Å². The predicted octanol–water partition coefficient (Wildman–Crippen LogP) is 1.45. The molecule has 1 heterocycles. The lowest BCUT2D eigenvalue weighted by atomic mass is 10.0. The molecule has 12 heavy (non-hydrogen) atoms. The zero-order valence-corrected chi connectivity index (χ0v) is 8.75. The Hall–Kier alpha value is -0.0800. The van der Waals surface area contributed by atoms with Crippen LogP contribution in [0.1, 0.15) is 34.1 Å². The van der Waals surface area contributed by atoms with Crippen LogP contribution in [0.5, 0.6) is 0 Å². The third kappa shape index (κ3) is 1.99. The van der Waals surface area contributed by atoms with Gasteiger partial charge in [-0.25, -0.2) is 0 Å². The van der Waals surface area contributed by atoms with Crippen molar-refractivity contribution in [2.45, 2.75) is 52.2 Å². The Morgan fingerprint density at radius 2 is 1.83 bits per heavy atom. The van der Waals surface area contributed by atoms with E-state index in [9.17, 15) is 0 Å². The van der Waals surface area contributed by atoms with Crippen molar-refractivity contribution in [1.82, 2.24) is 4.90 Å². The Bertz CT molecular complexity index is 127. The van der Waals surface area contributed by atoms with Crippen LogP contribution in [-0.4, -0.2) is 29.6 Å². The highest BCUT2D eigenvalue weighted by atomic mass is 15.2. The van der Waals surface area contributed by atoms with Gasteiger partial charge in [-0.1, -0.05) is 13.8 Å². The van der Waals surface area contributed by atoms with Crippen molar-refractivity contribution in [3.05, 3.63) is 0 Å². The molecule has 0 amide bonds. The second-order valence-corrected chi connectivity index (χ2v) is 4.60. The van der Waals surface area contributed by atoms with E-state index in [1.165, 1.54) is 6.42 Å². The van der Waals surface area contributed by atoms with Crippen LogP contribution in [0.15, 0.2) is 0 Å². The first-order valence-corrected chi connectivity index (χ1v) is 5.03. The van der Waals surface area contributed by atoms with E-state index in [4.69, 9.17) is 5.73 Å². The second-order valence-electron chi connectivity index (χ2n) is 4.60. The van der Waals surface area contributed by atoms with Crippen LogP contribution in [0.2, 0.25) is 0 Å². The topological polar surface area (TPSA) is 29.3 Å². The molecule has 0 saturated carbocycles. The third-order valence-electron chi connectivity index (χ3n) is 2.85. The predicted molar refractivity (Wildman–Crippen MR) is 53.1 cm³/mol. The maximum atomic E-state index is 5.95. The van der Waals surface area contributed by atoms with Crippen molar-refractivity contribution in [3.63, 3.8) is 0 Å². The first-order chi connectivity index (χ1) is 5.52. The third-order valence-corrected chi connectivity index (χ3v) is 2.85. The van der Waals surface area contributed by atoms with Crippen LogP contribution < -0.4 is 5.73 Å². The number of hydrogen-bond donors (Lipinski definition) is 1. The standard InChI is InChI=1S/C10H22N2/c1-7(2)10-5-9(11)6-12(10)8(3)4/h7-10H,5-6,11H2,1-4H3/t9-,10-/m0/s1. The molecular formula is C10H22N2. The van der Waals surface area contributed by atoms with Crippen LogP contribution in [-0.2, 0) is 0 Å². The summed E-state index contributed by atoms with van der Waals surface area (Å²) in [6, 6.07) is 1.76. The van der Waals surface area contributed by atoms with Crippen molar-refractivity contribution in [2.75, 3.05) is 6.54 Å². The molecule has 0 aromatic heterocycles. The van der Waals surface area contributed by atoms with Crippen LogP contribution >= 0.6 is 0 Å². The molecule has 1 fully saturated rings. The lowest BCUT2D eigenvalue weighted by Crippen LogP contribution is -2.39. The van der Waals surface area contributed by atoms with Gasteiger partial charge in [0.15, 0.2) is 0 Å². The summed E-state index contributed by atoms with van der Waals surface area (Å²) < 4.78 is 0. The van der Waals surface area contributed by atoms with E-state index < -0.39 is 0 Å². The van der Waals surface area contributed by atoms with Crippen LogP contribution in [0, 0.1) is 5.92 Å². The molecule has 0 spiro atoms. The Morgan fingerprint density at radius 3 is 2.17 bits per heavy atom. The summed E-state index contributed by atoms with van der Waals surface area (Å²) in [6.07, 6.45) is 1.18. The average Bonchev–Trinajstić information content (AvgIpc) is 2.31. The molecule has 1 rings (SSSR count). The largest absolute Gasteiger partial charge is 0.326 e. The van der Waals surface area contributed by atoms with Crippen molar-refractivity contribution in [2.24, 2.45) is 11.7 Å². The number of rotatable bonds is 2. The summed E-state index contributed by atoms with van der Waals surface area (Å²) in [5.41, 5.74) is 5.95. The highest BCUT2D eigenvalue weighted by molar-refractivity contribution is 4.90. The summed E-state index contributed by atoms with van der Waals surface area (Å²) >= 11 is 0. The van der Waals surface area contributed by atoms with Gasteiger partial charge >= 0.3 is 0 Å². The van der Waals surface area contributed by atoms with Gasteiger partial charge in [0.05, 0.1) is 0 Å². The fraction of sp³-hybridized carbons (Fsp3) is 1.00. The molecule has 0 bridgehead atoms. The lowest BCUT2D eigenvalue weighted by molar-refractivity contribution is 0.165. The van der Waals surface area contributed by atoms with Crippen molar-refractivity contribution >= 4 is 0 Å². The van der Waals surface area contributed by atoms with Gasteiger partial charge in [-0.15, -0.1) is 0 Å². The number of likely N-dealkylation sites (tertiary alicyclic amines) is 1. The number of nitrogens with two attached hydrogens (primary N) is 1. The molecular weight excluding hydrogens is 148 g/mol. The quantitative estimate of drug-likeness (QED) is 0.679. The first kappa shape index (κ1) is 10.0. The molecule has 72 valence electrons. The molecule has 0 aliphatic carbocycles. The van der Waals surface area contributed by atoms with Gasteiger partial charge in [-0.2, -0.15) is 0 Å². The lowest BCUT2D eigenvalue weighted by Gasteiger charge is -2.30. The van der Waals surface area contributed by atoms with Crippen molar-refractivity contribution in [1.29, 1.82) is 0 Å². The van der Waals surface area contributed by atoms with Crippen LogP contribution in [0.3, 0.4) is 0 Å². The van der Waals surface area contributed by atoms with Gasteiger partial charge in [-0.05, 0) is 26.2 Å². The highest BCUT2D eigenvalue weighted by Crippen LogP contribution is 2.24. The maximum absolute atomic E-state index is 5.95.